The van der Waals surface area contributed by atoms with Crippen LogP contribution in [0.5, 0.6) is 0 Å². The van der Waals surface area contributed by atoms with Crippen molar-refractivity contribution in [2.75, 3.05) is 34.7 Å². The minimum atomic E-state index is -1.97. The average molecular weight is 1180 g/mol. The number of hydrogen-bond acceptors (Lipinski definition) is 11. The highest BCUT2D eigenvalue weighted by atomic mass is 79.9. The molecule has 0 radical (unpaired) electrons. The SMILES string of the molecule is CCC(C)C1NC(=O)C2CCCN2C(=O)C(Cc2ccc(Br)cc2)N(C)C(=O)C(Cc2ccccc2)NC(=O)[C@H](C(C)C)N(C)C(=O)[C@@H](C(C)CC)OC(=O)C(C(C)(C)O)N(C)C(=O)C(CC(C)C)NC(=O)[C@H](C(C)C)N(C)C1=O. The second-order valence-corrected chi connectivity index (χ2v) is 24.7. The predicted molar refractivity (Wildman–Crippen MR) is 309 cm³/mol. The van der Waals surface area contributed by atoms with Crippen LogP contribution in [0.4, 0.5) is 0 Å². The van der Waals surface area contributed by atoms with Crippen molar-refractivity contribution < 1.29 is 53.0 Å². The molecule has 2 aliphatic rings. The molecule has 4 rings (SSSR count). The van der Waals surface area contributed by atoms with Crippen LogP contribution in [0.15, 0.2) is 59.1 Å². The Morgan fingerprint density at radius 3 is 1.64 bits per heavy atom. The second kappa shape index (κ2) is 29.2. The zero-order chi connectivity index (χ0) is 60.2. The van der Waals surface area contributed by atoms with Gasteiger partial charge in [-0.05, 0) is 86.5 Å². The van der Waals surface area contributed by atoms with E-state index in [9.17, 15) is 38.7 Å². The van der Waals surface area contributed by atoms with Crippen molar-refractivity contribution >= 4 is 69.2 Å². The van der Waals surface area contributed by atoms with Crippen LogP contribution < -0.4 is 16.0 Å². The lowest BCUT2D eigenvalue weighted by Crippen LogP contribution is -2.63. The molecular formula is C60H91BrN8O11. The summed E-state index contributed by atoms with van der Waals surface area (Å²) in [4.78, 5) is 141. The summed E-state index contributed by atoms with van der Waals surface area (Å²) in [5.41, 5.74) is -0.581. The number of nitrogens with zero attached hydrogens (tertiary/aromatic N) is 5. The number of fused-ring (bicyclic) bond motifs is 1. The number of benzene rings is 2. The zero-order valence-corrected chi connectivity index (χ0v) is 51.7. The first kappa shape index (κ1) is 66.6. The maximum atomic E-state index is 15.3. The molecule has 2 aromatic carbocycles. The summed E-state index contributed by atoms with van der Waals surface area (Å²) in [5.74, 6) is -8.71. The third-order valence-electron chi connectivity index (χ3n) is 15.9. The van der Waals surface area contributed by atoms with E-state index >= 15 is 9.59 Å². The standard InChI is InChI=1S/C60H91BrN8O11/c1-17-37(9)46-57(76)66(14)47(35(5)6)52(71)62-42(31-34(3)4)55(74)68(16)50(60(11,12)79)59(78)80-49(38(10)18-2)58(77)67(15)48(36(7)8)53(72)63-43(32-39-23-20-19-21-24-39)54(73)65(13)45(33-40-26-28-41(61)29-27-40)56(75)69-30-22-25-44(69)51(70)64-46/h19-21,23-24,26-29,34-38,42-50,79H,17-18,22,25,30-33H2,1-16H3,(H,62,71)(H,63,72)(H,64,70)/t37?,38?,42?,43?,44?,45?,46?,47-,48-,49+,50?/m0/s1. The predicted octanol–water partition coefficient (Wildman–Crippen LogP) is 5.13. The molecule has 80 heavy (non-hydrogen) atoms. The van der Waals surface area contributed by atoms with Crippen LogP contribution in [-0.4, -0.2) is 178 Å². The number of aliphatic hydroxyl groups is 1. The van der Waals surface area contributed by atoms with Crippen LogP contribution in [0.3, 0.4) is 0 Å². The Bertz CT molecular complexity index is 2490. The van der Waals surface area contributed by atoms with Gasteiger partial charge in [-0.1, -0.05) is 134 Å². The summed E-state index contributed by atoms with van der Waals surface area (Å²) in [6, 6.07) is 6.18. The molecule has 2 fully saturated rings. The highest BCUT2D eigenvalue weighted by Gasteiger charge is 2.48. The van der Waals surface area contributed by atoms with Gasteiger partial charge < -0.3 is 50.3 Å². The average Bonchev–Trinajstić information content (AvgIpc) is 3.90. The maximum absolute atomic E-state index is 15.3. The quantitative estimate of drug-likeness (QED) is 0.192. The molecule has 2 aliphatic heterocycles. The first-order chi connectivity index (χ1) is 37.4. The Morgan fingerprint density at radius 2 is 1.12 bits per heavy atom. The number of rotatable bonds is 13. The van der Waals surface area contributed by atoms with Gasteiger partial charge in [-0.2, -0.15) is 0 Å². The van der Waals surface area contributed by atoms with E-state index in [0.717, 1.165) is 9.37 Å². The molecule has 4 N–H and O–H groups in total. The fraction of sp³-hybridized carbons (Fsp3) is 0.650. The van der Waals surface area contributed by atoms with Gasteiger partial charge in [0.05, 0.1) is 5.60 Å². The minimum absolute atomic E-state index is 0.0138. The van der Waals surface area contributed by atoms with Crippen molar-refractivity contribution in [3.05, 3.63) is 70.2 Å². The molecule has 0 bridgehead atoms. The van der Waals surface area contributed by atoms with Crippen molar-refractivity contribution in [2.24, 2.45) is 29.6 Å². The fourth-order valence-corrected chi connectivity index (χ4v) is 11.2. The van der Waals surface area contributed by atoms with Crippen molar-refractivity contribution in [3.8, 4) is 0 Å². The van der Waals surface area contributed by atoms with Crippen LogP contribution in [0.2, 0.25) is 0 Å². The van der Waals surface area contributed by atoms with Crippen molar-refractivity contribution in [1.82, 2.24) is 40.4 Å². The van der Waals surface area contributed by atoms with Gasteiger partial charge in [-0.3, -0.25) is 38.4 Å². The Morgan fingerprint density at radius 1 is 0.613 bits per heavy atom. The number of carbonyl (C=O) groups excluding carboxylic acids is 9. The van der Waals surface area contributed by atoms with Crippen LogP contribution in [0, 0.1) is 29.6 Å². The summed E-state index contributed by atoms with van der Waals surface area (Å²) in [5, 5.41) is 20.5. The smallest absolute Gasteiger partial charge is 0.332 e. The molecule has 0 spiro atoms. The minimum Gasteiger partial charge on any atom is -0.450 e. The van der Waals surface area contributed by atoms with Gasteiger partial charge in [0, 0.05) is 58.0 Å². The lowest BCUT2D eigenvalue weighted by Gasteiger charge is -2.39. The number of esters is 1. The van der Waals surface area contributed by atoms with E-state index in [1.165, 1.54) is 61.6 Å². The lowest BCUT2D eigenvalue weighted by molar-refractivity contribution is -0.177. The molecule has 2 aromatic rings. The van der Waals surface area contributed by atoms with E-state index in [0.29, 0.717) is 30.4 Å². The van der Waals surface area contributed by atoms with Crippen molar-refractivity contribution in [2.45, 2.75) is 188 Å². The van der Waals surface area contributed by atoms with E-state index in [4.69, 9.17) is 4.74 Å². The zero-order valence-electron chi connectivity index (χ0n) is 50.1. The number of hydrogen-bond donors (Lipinski definition) is 4. The highest BCUT2D eigenvalue weighted by molar-refractivity contribution is 9.10. The Balaban J connectivity index is 1.98. The second-order valence-electron chi connectivity index (χ2n) is 23.8. The molecule has 0 aliphatic carbocycles. The Labute approximate surface area is 483 Å². The summed E-state index contributed by atoms with van der Waals surface area (Å²) >= 11 is 3.48. The number of amides is 8. The molecule has 444 valence electrons. The first-order valence-electron chi connectivity index (χ1n) is 28.4. The number of halogens is 1. The normalized spacial score (nSPS) is 26.3. The third-order valence-corrected chi connectivity index (χ3v) is 16.4. The Hall–Kier alpha value is -5.89. The summed E-state index contributed by atoms with van der Waals surface area (Å²) in [6.07, 6.45) is 0.0457. The van der Waals surface area contributed by atoms with Crippen LogP contribution in [0.1, 0.15) is 126 Å². The van der Waals surface area contributed by atoms with Gasteiger partial charge in [0.25, 0.3) is 5.91 Å². The summed E-state index contributed by atoms with van der Waals surface area (Å²) in [7, 11) is 5.66. The third kappa shape index (κ3) is 16.6. The van der Waals surface area contributed by atoms with Gasteiger partial charge in [-0.15, -0.1) is 0 Å². The lowest BCUT2D eigenvalue weighted by atomic mass is 9.93. The van der Waals surface area contributed by atoms with Gasteiger partial charge in [-0.25, -0.2) is 4.79 Å². The molecule has 0 aromatic heterocycles. The maximum Gasteiger partial charge on any atom is 0.332 e. The number of carbonyl (C=O) groups is 9. The fourth-order valence-electron chi connectivity index (χ4n) is 11.0. The molecule has 2 heterocycles. The van der Waals surface area contributed by atoms with E-state index < -0.39 is 137 Å². The number of ether oxygens (including phenoxy) is 1. The molecule has 20 heteroatoms. The largest absolute Gasteiger partial charge is 0.450 e. The Kier molecular flexibility index (Phi) is 24.3. The number of cyclic esters (lactones) is 1. The molecule has 19 nitrogen and oxygen atoms in total. The van der Waals surface area contributed by atoms with Gasteiger partial charge in [0.2, 0.25) is 41.4 Å². The number of likely N-dealkylation sites (N-methyl/N-ethyl adjacent to an activating group) is 4. The van der Waals surface area contributed by atoms with Crippen molar-refractivity contribution in [3.63, 3.8) is 0 Å². The van der Waals surface area contributed by atoms with Crippen LogP contribution >= 0.6 is 15.9 Å². The monoisotopic (exact) mass is 1180 g/mol. The molecule has 2 saturated heterocycles. The number of nitrogens with one attached hydrogen (secondary N) is 3. The van der Waals surface area contributed by atoms with Crippen LogP contribution in [-0.2, 0) is 60.7 Å². The highest BCUT2D eigenvalue weighted by Crippen LogP contribution is 2.28. The van der Waals surface area contributed by atoms with Gasteiger partial charge in [0.15, 0.2) is 12.1 Å². The van der Waals surface area contributed by atoms with Gasteiger partial charge >= 0.3 is 5.97 Å². The molecular weight excluding hydrogens is 1090 g/mol. The van der Waals surface area contributed by atoms with Gasteiger partial charge in [0.1, 0.15) is 42.3 Å². The summed E-state index contributed by atoms with van der Waals surface area (Å²) in [6.45, 7) is 20.6. The molecule has 8 unspecified atom stereocenters. The molecule has 0 saturated carbocycles. The van der Waals surface area contributed by atoms with Crippen molar-refractivity contribution in [1.29, 1.82) is 0 Å². The van der Waals surface area contributed by atoms with E-state index in [1.807, 2.05) is 51.1 Å². The molecule has 8 amide bonds. The van der Waals surface area contributed by atoms with Crippen LogP contribution in [0.25, 0.3) is 0 Å². The topological polar surface area (TPSA) is 235 Å². The summed E-state index contributed by atoms with van der Waals surface area (Å²) < 4.78 is 6.89. The van der Waals surface area contributed by atoms with E-state index in [1.54, 1.807) is 72.7 Å². The first-order valence-corrected chi connectivity index (χ1v) is 29.2. The van der Waals surface area contributed by atoms with E-state index in [-0.39, 0.29) is 38.1 Å². The molecule has 11 atom stereocenters. The van der Waals surface area contributed by atoms with E-state index in [2.05, 4.69) is 31.9 Å².